The monoisotopic (exact) mass is 526 g/mol. The number of carbonyl (C=O) groups excluding carboxylic acids is 2. The van der Waals surface area contributed by atoms with Crippen LogP contribution >= 0.6 is 15.9 Å². The molecule has 35 heavy (non-hydrogen) atoms. The number of methoxy groups -OCH3 is 1. The molecule has 0 bridgehead atoms. The van der Waals surface area contributed by atoms with Gasteiger partial charge in [0, 0.05) is 10.2 Å². The lowest BCUT2D eigenvalue weighted by Crippen LogP contribution is -2.13. The van der Waals surface area contributed by atoms with Gasteiger partial charge >= 0.3 is 5.97 Å². The summed E-state index contributed by atoms with van der Waals surface area (Å²) in [5.74, 6) is -0.590. The van der Waals surface area contributed by atoms with Crippen LogP contribution in [0.5, 0.6) is 11.5 Å². The molecule has 0 saturated heterocycles. The van der Waals surface area contributed by atoms with E-state index in [-0.39, 0.29) is 11.3 Å². The van der Waals surface area contributed by atoms with Gasteiger partial charge in [0.2, 0.25) is 0 Å². The van der Waals surface area contributed by atoms with E-state index < -0.39 is 11.9 Å². The van der Waals surface area contributed by atoms with Gasteiger partial charge in [0.25, 0.3) is 5.91 Å². The summed E-state index contributed by atoms with van der Waals surface area (Å²) in [6, 6.07) is 26.7. The van der Waals surface area contributed by atoms with Crippen molar-refractivity contribution in [3.05, 3.63) is 106 Å². The van der Waals surface area contributed by atoms with Crippen molar-refractivity contribution in [1.29, 1.82) is 5.26 Å². The Morgan fingerprint density at radius 1 is 0.943 bits per heavy atom. The summed E-state index contributed by atoms with van der Waals surface area (Å²) in [6.45, 7) is 0. The van der Waals surface area contributed by atoms with Crippen LogP contribution in [0.4, 0.5) is 5.69 Å². The summed E-state index contributed by atoms with van der Waals surface area (Å²) in [6.07, 6.45) is 1.42. The number of rotatable bonds is 6. The zero-order chi connectivity index (χ0) is 24.8. The molecular weight excluding hydrogens is 508 g/mol. The highest BCUT2D eigenvalue weighted by Gasteiger charge is 2.16. The molecule has 4 aromatic rings. The van der Waals surface area contributed by atoms with Crippen molar-refractivity contribution in [2.24, 2.45) is 0 Å². The molecule has 1 N–H and O–H groups in total. The number of fused-ring (bicyclic) bond motifs is 1. The van der Waals surface area contributed by atoms with Crippen LogP contribution in [0.25, 0.3) is 16.8 Å². The summed E-state index contributed by atoms with van der Waals surface area (Å²) in [5.41, 5.74) is 1.36. The molecular formula is C28H19BrN2O4. The first kappa shape index (κ1) is 23.7. The van der Waals surface area contributed by atoms with Crippen LogP contribution in [0, 0.1) is 11.3 Å². The number of benzene rings is 4. The largest absolute Gasteiger partial charge is 0.493 e. The number of hydrogen-bond donors (Lipinski definition) is 1. The number of nitrogens with one attached hydrogen (secondary N) is 1. The minimum atomic E-state index is -0.556. The summed E-state index contributed by atoms with van der Waals surface area (Å²) >= 11 is 3.34. The molecule has 1 amide bonds. The van der Waals surface area contributed by atoms with Gasteiger partial charge in [0.15, 0.2) is 11.5 Å². The van der Waals surface area contributed by atoms with Crippen LogP contribution in [0.1, 0.15) is 15.9 Å². The number of anilines is 1. The SMILES string of the molecule is COc1ccc(/C=C(\C#N)C(=O)Nc2ccc(Br)cc2)cc1OC(=O)c1cccc2ccccc12. The quantitative estimate of drug-likeness (QED) is 0.136. The van der Waals surface area contributed by atoms with E-state index in [0.29, 0.717) is 22.6 Å². The summed E-state index contributed by atoms with van der Waals surface area (Å²) in [5, 5.41) is 13.9. The molecule has 172 valence electrons. The number of carbonyl (C=O) groups is 2. The molecule has 7 heteroatoms. The molecule has 0 unspecified atom stereocenters. The van der Waals surface area contributed by atoms with Crippen LogP contribution < -0.4 is 14.8 Å². The maximum atomic E-state index is 13.0. The van der Waals surface area contributed by atoms with E-state index in [1.165, 1.54) is 13.2 Å². The van der Waals surface area contributed by atoms with Crippen molar-refractivity contribution < 1.29 is 19.1 Å². The van der Waals surface area contributed by atoms with Gasteiger partial charge in [-0.2, -0.15) is 5.26 Å². The van der Waals surface area contributed by atoms with Crippen LogP contribution in [0.15, 0.2) is 95.0 Å². The van der Waals surface area contributed by atoms with Crippen molar-refractivity contribution in [2.75, 3.05) is 12.4 Å². The molecule has 4 rings (SSSR count). The van der Waals surface area contributed by atoms with Crippen molar-refractivity contribution >= 4 is 50.3 Å². The van der Waals surface area contributed by atoms with Crippen LogP contribution in [0.3, 0.4) is 0 Å². The molecule has 0 saturated carbocycles. The molecule has 6 nitrogen and oxygen atoms in total. The molecule has 0 atom stereocenters. The molecule has 0 aromatic heterocycles. The topological polar surface area (TPSA) is 88.4 Å². The summed E-state index contributed by atoms with van der Waals surface area (Å²) in [4.78, 5) is 25.6. The first-order valence-electron chi connectivity index (χ1n) is 10.5. The third kappa shape index (κ3) is 5.57. The Balaban J connectivity index is 1.60. The fourth-order valence-electron chi connectivity index (χ4n) is 3.47. The van der Waals surface area contributed by atoms with E-state index in [1.807, 2.05) is 36.4 Å². The number of nitrogens with zero attached hydrogens (tertiary/aromatic N) is 1. The predicted molar refractivity (Wildman–Crippen MR) is 138 cm³/mol. The third-order valence-electron chi connectivity index (χ3n) is 5.18. The number of ether oxygens (including phenoxy) is 2. The lowest BCUT2D eigenvalue weighted by atomic mass is 10.0. The average Bonchev–Trinajstić information content (AvgIpc) is 2.88. The lowest BCUT2D eigenvalue weighted by Gasteiger charge is -2.11. The van der Waals surface area contributed by atoms with E-state index in [2.05, 4.69) is 21.2 Å². The van der Waals surface area contributed by atoms with Crippen molar-refractivity contribution in [1.82, 2.24) is 0 Å². The molecule has 0 spiro atoms. The third-order valence-corrected chi connectivity index (χ3v) is 5.71. The Morgan fingerprint density at radius 2 is 1.69 bits per heavy atom. The van der Waals surface area contributed by atoms with Gasteiger partial charge in [-0.05, 0) is 64.9 Å². The average molecular weight is 527 g/mol. The van der Waals surface area contributed by atoms with Crippen LogP contribution in [0.2, 0.25) is 0 Å². The van der Waals surface area contributed by atoms with Crippen molar-refractivity contribution in [3.8, 4) is 17.6 Å². The maximum absolute atomic E-state index is 13.0. The molecule has 0 fully saturated rings. The highest BCUT2D eigenvalue weighted by atomic mass is 79.9. The Morgan fingerprint density at radius 3 is 2.43 bits per heavy atom. The fourth-order valence-corrected chi connectivity index (χ4v) is 3.73. The molecule has 0 aliphatic heterocycles. The smallest absolute Gasteiger partial charge is 0.344 e. The molecule has 0 radical (unpaired) electrons. The standard InChI is InChI=1S/C28H19BrN2O4/c1-34-25-14-9-18(15-20(17-30)27(32)31-22-12-10-21(29)11-13-22)16-26(25)35-28(33)24-8-4-6-19-5-2-3-7-23(19)24/h2-16H,1H3,(H,31,32)/b20-15+. The number of hydrogen-bond acceptors (Lipinski definition) is 5. The van der Waals surface area contributed by atoms with E-state index >= 15 is 0 Å². The Labute approximate surface area is 210 Å². The van der Waals surface area contributed by atoms with E-state index in [4.69, 9.17) is 9.47 Å². The van der Waals surface area contributed by atoms with Gasteiger partial charge in [-0.15, -0.1) is 0 Å². The molecule has 0 aliphatic carbocycles. The Hall–Kier alpha value is -4.41. The highest BCUT2D eigenvalue weighted by molar-refractivity contribution is 9.10. The maximum Gasteiger partial charge on any atom is 0.344 e. The van der Waals surface area contributed by atoms with Crippen molar-refractivity contribution in [2.45, 2.75) is 0 Å². The van der Waals surface area contributed by atoms with Gasteiger partial charge in [-0.3, -0.25) is 4.79 Å². The van der Waals surface area contributed by atoms with Gasteiger partial charge in [0.1, 0.15) is 11.6 Å². The van der Waals surface area contributed by atoms with E-state index in [9.17, 15) is 14.9 Å². The fraction of sp³-hybridized carbons (Fsp3) is 0.0357. The lowest BCUT2D eigenvalue weighted by molar-refractivity contribution is -0.112. The highest BCUT2D eigenvalue weighted by Crippen LogP contribution is 2.31. The molecule has 4 aromatic carbocycles. The molecule has 0 aliphatic rings. The first-order valence-corrected chi connectivity index (χ1v) is 11.3. The number of nitriles is 1. The van der Waals surface area contributed by atoms with Gasteiger partial charge in [-0.1, -0.05) is 58.4 Å². The molecule has 0 heterocycles. The van der Waals surface area contributed by atoms with Crippen LogP contribution in [-0.2, 0) is 4.79 Å². The predicted octanol–water partition coefficient (Wildman–Crippen LogP) is 6.38. The van der Waals surface area contributed by atoms with Crippen LogP contribution in [-0.4, -0.2) is 19.0 Å². The second-order valence-corrected chi connectivity index (χ2v) is 8.37. The zero-order valence-electron chi connectivity index (χ0n) is 18.6. The second-order valence-electron chi connectivity index (χ2n) is 7.46. The zero-order valence-corrected chi connectivity index (χ0v) is 20.2. The Kier molecular flexibility index (Phi) is 7.24. The Bertz CT molecular complexity index is 1480. The number of amides is 1. The first-order chi connectivity index (χ1) is 17.0. The summed E-state index contributed by atoms with van der Waals surface area (Å²) < 4.78 is 11.9. The second kappa shape index (κ2) is 10.7. The van der Waals surface area contributed by atoms with E-state index in [0.717, 1.165) is 15.2 Å². The summed E-state index contributed by atoms with van der Waals surface area (Å²) in [7, 11) is 1.46. The minimum Gasteiger partial charge on any atom is -0.493 e. The minimum absolute atomic E-state index is 0.107. The van der Waals surface area contributed by atoms with Gasteiger partial charge in [-0.25, -0.2) is 4.79 Å². The van der Waals surface area contributed by atoms with E-state index in [1.54, 1.807) is 54.6 Å². The van der Waals surface area contributed by atoms with Gasteiger partial charge < -0.3 is 14.8 Å². The van der Waals surface area contributed by atoms with Gasteiger partial charge in [0.05, 0.1) is 12.7 Å². The van der Waals surface area contributed by atoms with Crippen molar-refractivity contribution in [3.63, 3.8) is 0 Å². The normalized spacial score (nSPS) is 10.9. The number of halogens is 1. The number of esters is 1.